The predicted octanol–water partition coefficient (Wildman–Crippen LogP) is 1.84. The topological polar surface area (TPSA) is 28.2 Å². The van der Waals surface area contributed by atoms with Gasteiger partial charge in [-0.3, -0.25) is 0 Å². The van der Waals surface area contributed by atoms with Crippen LogP contribution in [0.5, 0.6) is 0 Å². The van der Waals surface area contributed by atoms with E-state index in [9.17, 15) is 4.39 Å². The number of piperazine rings is 1. The Hall–Kier alpha value is -1.20. The van der Waals surface area contributed by atoms with E-state index in [2.05, 4.69) is 15.2 Å². The number of fused-ring (bicyclic) bond motifs is 1. The standard InChI is InChI=1S/C11H12FN3S/c12-8-1-2-10-9(7-8)14-11(16-10)15-5-3-13-4-6-15/h1-2,7,13H,3-6H2. The fourth-order valence-corrected chi connectivity index (χ4v) is 2.88. The normalized spacial score (nSPS) is 16.9. The smallest absolute Gasteiger partial charge is 0.186 e. The van der Waals surface area contributed by atoms with Crippen LogP contribution < -0.4 is 10.2 Å². The zero-order valence-corrected chi connectivity index (χ0v) is 9.56. The van der Waals surface area contributed by atoms with Gasteiger partial charge < -0.3 is 10.2 Å². The van der Waals surface area contributed by atoms with Crippen LogP contribution in [0.15, 0.2) is 18.2 Å². The molecule has 2 heterocycles. The van der Waals surface area contributed by atoms with Crippen LogP contribution in [0.2, 0.25) is 0 Å². The molecule has 0 atom stereocenters. The molecule has 0 unspecified atom stereocenters. The lowest BCUT2D eigenvalue weighted by atomic mass is 10.3. The predicted molar refractivity (Wildman–Crippen MR) is 64.7 cm³/mol. The Bertz CT molecular complexity index is 505. The second-order valence-electron chi connectivity index (χ2n) is 3.85. The van der Waals surface area contributed by atoms with E-state index in [1.807, 2.05) is 0 Å². The van der Waals surface area contributed by atoms with Crippen molar-refractivity contribution >= 4 is 26.7 Å². The second-order valence-corrected chi connectivity index (χ2v) is 4.85. The molecule has 0 radical (unpaired) electrons. The summed E-state index contributed by atoms with van der Waals surface area (Å²) < 4.78 is 14.1. The number of thiazole rings is 1. The molecular formula is C11H12FN3S. The number of halogens is 1. The van der Waals surface area contributed by atoms with Crippen molar-refractivity contribution in [3.8, 4) is 0 Å². The molecular weight excluding hydrogens is 225 g/mol. The molecule has 5 heteroatoms. The Labute approximate surface area is 96.9 Å². The van der Waals surface area contributed by atoms with Crippen molar-refractivity contribution in [2.45, 2.75) is 0 Å². The van der Waals surface area contributed by atoms with Gasteiger partial charge in [0.15, 0.2) is 5.13 Å². The van der Waals surface area contributed by atoms with Gasteiger partial charge in [-0.05, 0) is 12.1 Å². The highest BCUT2D eigenvalue weighted by Crippen LogP contribution is 2.29. The summed E-state index contributed by atoms with van der Waals surface area (Å²) in [5.74, 6) is -0.218. The number of anilines is 1. The van der Waals surface area contributed by atoms with Crippen LogP contribution >= 0.6 is 11.3 Å². The number of rotatable bonds is 1. The summed E-state index contributed by atoms with van der Waals surface area (Å²) in [6, 6.07) is 4.79. The molecule has 0 saturated carbocycles. The fraction of sp³-hybridized carbons (Fsp3) is 0.364. The lowest BCUT2D eigenvalue weighted by molar-refractivity contribution is 0.588. The third kappa shape index (κ3) is 1.76. The molecule has 0 bridgehead atoms. The first-order valence-corrected chi connectivity index (χ1v) is 6.16. The third-order valence-electron chi connectivity index (χ3n) is 2.73. The largest absolute Gasteiger partial charge is 0.346 e. The van der Waals surface area contributed by atoms with Gasteiger partial charge in [0.05, 0.1) is 10.2 Å². The molecule has 1 N–H and O–H groups in total. The molecule has 0 amide bonds. The van der Waals surface area contributed by atoms with E-state index in [1.165, 1.54) is 12.1 Å². The summed E-state index contributed by atoms with van der Waals surface area (Å²) in [5, 5.41) is 4.30. The monoisotopic (exact) mass is 237 g/mol. The lowest BCUT2D eigenvalue weighted by Gasteiger charge is -2.26. The summed E-state index contributed by atoms with van der Waals surface area (Å²) in [6.07, 6.45) is 0. The number of nitrogens with one attached hydrogen (secondary N) is 1. The number of hydrogen-bond acceptors (Lipinski definition) is 4. The van der Waals surface area contributed by atoms with E-state index in [-0.39, 0.29) is 5.82 Å². The molecule has 1 aromatic heterocycles. The van der Waals surface area contributed by atoms with E-state index < -0.39 is 0 Å². The minimum Gasteiger partial charge on any atom is -0.346 e. The van der Waals surface area contributed by atoms with Gasteiger partial charge >= 0.3 is 0 Å². The van der Waals surface area contributed by atoms with Crippen molar-refractivity contribution in [3.05, 3.63) is 24.0 Å². The molecule has 1 aliphatic heterocycles. The van der Waals surface area contributed by atoms with Crippen molar-refractivity contribution in [2.24, 2.45) is 0 Å². The average molecular weight is 237 g/mol. The zero-order chi connectivity index (χ0) is 11.0. The van der Waals surface area contributed by atoms with Crippen molar-refractivity contribution in [3.63, 3.8) is 0 Å². The van der Waals surface area contributed by atoms with Crippen LogP contribution in [-0.4, -0.2) is 31.2 Å². The fourth-order valence-electron chi connectivity index (χ4n) is 1.88. The Balaban J connectivity index is 1.97. The summed E-state index contributed by atoms with van der Waals surface area (Å²) in [6.45, 7) is 3.93. The van der Waals surface area contributed by atoms with Crippen LogP contribution in [0.4, 0.5) is 9.52 Å². The molecule has 3 rings (SSSR count). The van der Waals surface area contributed by atoms with Crippen LogP contribution in [0.25, 0.3) is 10.2 Å². The van der Waals surface area contributed by atoms with Crippen LogP contribution in [0, 0.1) is 5.82 Å². The van der Waals surface area contributed by atoms with Crippen LogP contribution in [-0.2, 0) is 0 Å². The Kier molecular flexibility index (Phi) is 2.49. The minimum absolute atomic E-state index is 0.218. The zero-order valence-electron chi connectivity index (χ0n) is 8.74. The molecule has 2 aromatic rings. The molecule has 16 heavy (non-hydrogen) atoms. The van der Waals surface area contributed by atoms with Crippen LogP contribution in [0.1, 0.15) is 0 Å². The van der Waals surface area contributed by atoms with Gasteiger partial charge in [-0.25, -0.2) is 9.37 Å². The molecule has 84 valence electrons. The molecule has 3 nitrogen and oxygen atoms in total. The Morgan fingerprint density at radius 2 is 2.12 bits per heavy atom. The summed E-state index contributed by atoms with van der Waals surface area (Å²) in [4.78, 5) is 6.72. The van der Waals surface area contributed by atoms with Gasteiger partial charge in [0.1, 0.15) is 5.82 Å². The summed E-state index contributed by atoms with van der Waals surface area (Å²) in [7, 11) is 0. The van der Waals surface area contributed by atoms with Gasteiger partial charge in [-0.2, -0.15) is 0 Å². The quantitative estimate of drug-likeness (QED) is 0.820. The summed E-state index contributed by atoms with van der Waals surface area (Å²) in [5.41, 5.74) is 0.763. The first-order chi connectivity index (χ1) is 7.83. The van der Waals surface area contributed by atoms with Gasteiger partial charge in [0.2, 0.25) is 0 Å². The number of hydrogen-bond donors (Lipinski definition) is 1. The minimum atomic E-state index is -0.218. The van der Waals surface area contributed by atoms with Gasteiger partial charge in [-0.1, -0.05) is 11.3 Å². The van der Waals surface area contributed by atoms with Crippen molar-refractivity contribution in [1.29, 1.82) is 0 Å². The molecule has 1 fully saturated rings. The molecule has 1 aromatic carbocycles. The van der Waals surface area contributed by atoms with E-state index in [1.54, 1.807) is 17.4 Å². The SMILES string of the molecule is Fc1ccc2sc(N3CCNCC3)nc2c1. The van der Waals surface area contributed by atoms with Gasteiger partial charge in [-0.15, -0.1) is 0 Å². The molecule has 1 aliphatic rings. The van der Waals surface area contributed by atoms with Crippen molar-refractivity contribution in [1.82, 2.24) is 10.3 Å². The highest BCUT2D eigenvalue weighted by molar-refractivity contribution is 7.22. The van der Waals surface area contributed by atoms with E-state index in [0.717, 1.165) is 41.5 Å². The Morgan fingerprint density at radius 3 is 2.94 bits per heavy atom. The maximum Gasteiger partial charge on any atom is 0.186 e. The first kappa shape index (κ1) is 9.99. The highest BCUT2D eigenvalue weighted by atomic mass is 32.1. The lowest BCUT2D eigenvalue weighted by Crippen LogP contribution is -2.43. The van der Waals surface area contributed by atoms with Crippen molar-refractivity contribution in [2.75, 3.05) is 31.1 Å². The second kappa shape index (κ2) is 3.99. The summed E-state index contributed by atoms with van der Waals surface area (Å²) >= 11 is 1.63. The maximum absolute atomic E-state index is 13.0. The molecule has 0 aliphatic carbocycles. The number of benzene rings is 1. The average Bonchev–Trinajstić information content (AvgIpc) is 2.73. The highest BCUT2D eigenvalue weighted by Gasteiger charge is 2.14. The maximum atomic E-state index is 13.0. The van der Waals surface area contributed by atoms with E-state index in [4.69, 9.17) is 0 Å². The third-order valence-corrected chi connectivity index (χ3v) is 3.82. The molecule has 1 saturated heterocycles. The van der Waals surface area contributed by atoms with Gasteiger partial charge in [0, 0.05) is 32.2 Å². The number of nitrogens with zero attached hydrogens (tertiary/aromatic N) is 2. The van der Waals surface area contributed by atoms with Gasteiger partial charge in [0.25, 0.3) is 0 Å². The van der Waals surface area contributed by atoms with E-state index in [0.29, 0.717) is 0 Å². The van der Waals surface area contributed by atoms with Crippen LogP contribution in [0.3, 0.4) is 0 Å². The van der Waals surface area contributed by atoms with Crippen molar-refractivity contribution < 1.29 is 4.39 Å². The molecule has 0 spiro atoms. The number of aromatic nitrogens is 1. The first-order valence-electron chi connectivity index (χ1n) is 5.35. The Morgan fingerprint density at radius 1 is 1.31 bits per heavy atom. The van der Waals surface area contributed by atoms with E-state index >= 15 is 0 Å².